The molecule has 6 heteroatoms. The van der Waals surface area contributed by atoms with Gasteiger partial charge in [0.2, 0.25) is 0 Å². The molecule has 3 amide bonds. The number of anilines is 1. The van der Waals surface area contributed by atoms with Crippen molar-refractivity contribution in [1.29, 1.82) is 0 Å². The number of hydrogen-bond acceptors (Lipinski definition) is 4. The zero-order valence-corrected chi connectivity index (χ0v) is 14.5. The molecule has 0 bridgehead atoms. The van der Waals surface area contributed by atoms with Gasteiger partial charge in [-0.1, -0.05) is 24.3 Å². The summed E-state index contributed by atoms with van der Waals surface area (Å²) >= 11 is 0. The first-order valence-corrected chi connectivity index (χ1v) is 8.58. The van der Waals surface area contributed by atoms with Crippen molar-refractivity contribution < 1.29 is 19.1 Å². The van der Waals surface area contributed by atoms with Crippen molar-refractivity contribution in [3.8, 4) is 0 Å². The fourth-order valence-corrected chi connectivity index (χ4v) is 2.88. The average molecular weight is 352 g/mol. The van der Waals surface area contributed by atoms with E-state index in [9.17, 15) is 14.4 Å². The Morgan fingerprint density at radius 1 is 1.00 bits per heavy atom. The van der Waals surface area contributed by atoms with Crippen LogP contribution in [0.25, 0.3) is 0 Å². The zero-order chi connectivity index (χ0) is 18.5. The number of carbonyl (C=O) groups is 3. The molecule has 3 rings (SSSR count). The highest BCUT2D eigenvalue weighted by Gasteiger charge is 2.37. The summed E-state index contributed by atoms with van der Waals surface area (Å²) in [5, 5.41) is 2.80. The summed E-state index contributed by atoms with van der Waals surface area (Å²) in [6.07, 6.45) is 0.689. The Kier molecular flexibility index (Phi) is 5.43. The molecule has 1 aliphatic heterocycles. The molecule has 0 spiro atoms. The first-order chi connectivity index (χ1) is 12.6. The van der Waals surface area contributed by atoms with Gasteiger partial charge in [-0.3, -0.25) is 14.4 Å². The van der Waals surface area contributed by atoms with E-state index in [4.69, 9.17) is 4.74 Å². The molecule has 0 saturated carbocycles. The van der Waals surface area contributed by atoms with Gasteiger partial charge in [0.15, 0.2) is 0 Å². The van der Waals surface area contributed by atoms with Crippen LogP contribution in [0.2, 0.25) is 0 Å². The van der Waals surface area contributed by atoms with Crippen LogP contribution >= 0.6 is 0 Å². The van der Waals surface area contributed by atoms with Crippen LogP contribution in [0.3, 0.4) is 0 Å². The van der Waals surface area contributed by atoms with Gasteiger partial charge in [-0.15, -0.1) is 0 Å². The number of nitrogens with one attached hydrogen (secondary N) is 1. The van der Waals surface area contributed by atoms with Gasteiger partial charge in [-0.2, -0.15) is 0 Å². The van der Waals surface area contributed by atoms with E-state index in [1.165, 1.54) is 0 Å². The third kappa shape index (κ3) is 3.36. The molecule has 0 radical (unpaired) electrons. The van der Waals surface area contributed by atoms with Gasteiger partial charge in [0.25, 0.3) is 17.7 Å². The number of ether oxygens (including phenoxy) is 1. The lowest BCUT2D eigenvalue weighted by molar-refractivity contribution is 0.0926. The van der Waals surface area contributed by atoms with Crippen molar-refractivity contribution in [2.75, 3.05) is 24.7 Å². The summed E-state index contributed by atoms with van der Waals surface area (Å²) in [4.78, 5) is 39.0. The molecule has 0 saturated heterocycles. The van der Waals surface area contributed by atoms with Crippen molar-refractivity contribution in [2.24, 2.45) is 0 Å². The quantitative estimate of drug-likeness (QED) is 0.614. The monoisotopic (exact) mass is 352 g/mol. The molecule has 1 aliphatic rings. The lowest BCUT2D eigenvalue weighted by Crippen LogP contribution is -2.33. The molecular weight excluding hydrogens is 332 g/mol. The van der Waals surface area contributed by atoms with Crippen LogP contribution in [-0.4, -0.2) is 37.5 Å². The van der Waals surface area contributed by atoms with E-state index in [0.29, 0.717) is 48.6 Å². The van der Waals surface area contributed by atoms with Crippen LogP contribution in [0.5, 0.6) is 0 Å². The fourth-order valence-electron chi connectivity index (χ4n) is 2.88. The van der Waals surface area contributed by atoms with Crippen molar-refractivity contribution in [2.45, 2.75) is 13.3 Å². The normalized spacial score (nSPS) is 13.0. The third-order valence-electron chi connectivity index (χ3n) is 4.14. The number of nitrogens with zero attached hydrogens (tertiary/aromatic N) is 1. The smallest absolute Gasteiger partial charge is 0.266 e. The van der Waals surface area contributed by atoms with Crippen LogP contribution in [0.15, 0.2) is 48.5 Å². The maximum Gasteiger partial charge on any atom is 0.266 e. The van der Waals surface area contributed by atoms with Crippen molar-refractivity contribution in [3.05, 3.63) is 65.2 Å². The summed E-state index contributed by atoms with van der Waals surface area (Å²) in [6.45, 7) is 3.57. The second-order valence-electron chi connectivity index (χ2n) is 5.81. The Labute approximate surface area is 151 Å². The van der Waals surface area contributed by atoms with Crippen LogP contribution in [0, 0.1) is 0 Å². The number of benzene rings is 2. The molecule has 0 aliphatic carbocycles. The molecule has 26 heavy (non-hydrogen) atoms. The van der Waals surface area contributed by atoms with E-state index in [2.05, 4.69) is 5.32 Å². The number of amides is 3. The minimum absolute atomic E-state index is 0.290. The molecule has 0 atom stereocenters. The van der Waals surface area contributed by atoms with Crippen LogP contribution < -0.4 is 10.2 Å². The highest BCUT2D eigenvalue weighted by atomic mass is 16.5. The Morgan fingerprint density at radius 2 is 1.62 bits per heavy atom. The number of imide groups is 1. The predicted octanol–water partition coefficient (Wildman–Crippen LogP) is 2.64. The maximum absolute atomic E-state index is 12.7. The highest BCUT2D eigenvalue weighted by molar-refractivity contribution is 6.35. The SMILES string of the molecule is CCOCCCNC(=O)c1ccccc1N1C(=O)c2ccccc2C1=O. The van der Waals surface area contributed by atoms with E-state index < -0.39 is 11.8 Å². The van der Waals surface area contributed by atoms with Crippen LogP contribution in [0.1, 0.15) is 44.4 Å². The van der Waals surface area contributed by atoms with Crippen molar-refractivity contribution in [3.63, 3.8) is 0 Å². The second kappa shape index (κ2) is 7.93. The average Bonchev–Trinajstić information content (AvgIpc) is 2.92. The van der Waals surface area contributed by atoms with Crippen LogP contribution in [0.4, 0.5) is 5.69 Å². The van der Waals surface area contributed by atoms with Crippen molar-refractivity contribution in [1.82, 2.24) is 5.32 Å². The minimum atomic E-state index is -0.415. The molecule has 0 fully saturated rings. The highest BCUT2D eigenvalue weighted by Crippen LogP contribution is 2.30. The van der Waals surface area contributed by atoms with E-state index >= 15 is 0 Å². The summed E-state index contributed by atoms with van der Waals surface area (Å²) < 4.78 is 5.24. The second-order valence-corrected chi connectivity index (χ2v) is 5.81. The molecule has 0 unspecified atom stereocenters. The Balaban J connectivity index is 1.81. The van der Waals surface area contributed by atoms with Crippen LogP contribution in [-0.2, 0) is 4.74 Å². The molecular formula is C20H20N2O4. The van der Waals surface area contributed by atoms with Gasteiger partial charge >= 0.3 is 0 Å². The molecule has 134 valence electrons. The molecule has 1 N–H and O–H groups in total. The van der Waals surface area contributed by atoms with Gasteiger partial charge in [0.1, 0.15) is 0 Å². The standard InChI is InChI=1S/C20H20N2O4/c1-2-26-13-7-12-21-18(23)16-10-5-6-11-17(16)22-19(24)14-8-3-4-9-15(14)20(22)25/h3-6,8-11H,2,7,12-13H2,1H3,(H,21,23). The third-order valence-corrected chi connectivity index (χ3v) is 4.14. The molecule has 0 aromatic heterocycles. The molecule has 2 aromatic carbocycles. The van der Waals surface area contributed by atoms with Gasteiger partial charge in [0.05, 0.1) is 22.4 Å². The van der Waals surface area contributed by atoms with E-state index in [0.717, 1.165) is 4.90 Å². The largest absolute Gasteiger partial charge is 0.382 e. The summed E-state index contributed by atoms with van der Waals surface area (Å²) in [7, 11) is 0. The minimum Gasteiger partial charge on any atom is -0.382 e. The van der Waals surface area contributed by atoms with E-state index in [-0.39, 0.29) is 5.91 Å². The van der Waals surface area contributed by atoms with Gasteiger partial charge in [-0.05, 0) is 37.6 Å². The first-order valence-electron chi connectivity index (χ1n) is 8.58. The first kappa shape index (κ1) is 17.8. The number of carbonyl (C=O) groups excluding carboxylic acids is 3. The van der Waals surface area contributed by atoms with Crippen molar-refractivity contribution >= 4 is 23.4 Å². The Bertz CT molecular complexity index is 812. The fraction of sp³-hybridized carbons (Fsp3) is 0.250. The van der Waals surface area contributed by atoms with Gasteiger partial charge in [0, 0.05) is 19.8 Å². The Hall–Kier alpha value is -2.99. The lowest BCUT2D eigenvalue weighted by Gasteiger charge is -2.18. The lowest BCUT2D eigenvalue weighted by atomic mass is 10.1. The van der Waals surface area contributed by atoms with Gasteiger partial charge < -0.3 is 10.1 Å². The number of fused-ring (bicyclic) bond motifs is 1. The number of para-hydroxylation sites is 1. The molecule has 2 aromatic rings. The van der Waals surface area contributed by atoms with E-state index in [1.54, 1.807) is 48.5 Å². The molecule has 1 heterocycles. The topological polar surface area (TPSA) is 75.7 Å². The molecule has 6 nitrogen and oxygen atoms in total. The summed E-state index contributed by atoms with van der Waals surface area (Å²) in [5.41, 5.74) is 1.29. The summed E-state index contributed by atoms with van der Waals surface area (Å²) in [5.74, 6) is -1.15. The number of rotatable bonds is 7. The Morgan fingerprint density at radius 3 is 2.27 bits per heavy atom. The number of hydrogen-bond donors (Lipinski definition) is 1. The maximum atomic E-state index is 12.7. The summed E-state index contributed by atoms with van der Waals surface area (Å²) in [6, 6.07) is 13.3. The zero-order valence-electron chi connectivity index (χ0n) is 14.5. The van der Waals surface area contributed by atoms with Gasteiger partial charge in [-0.25, -0.2) is 4.90 Å². The predicted molar refractivity (Wildman–Crippen MR) is 97.5 cm³/mol. The van der Waals surface area contributed by atoms with E-state index in [1.807, 2.05) is 6.92 Å².